The number of hydrazone groups is 1. The number of fused-ring (bicyclic) bond motifs is 1. The zero-order chi connectivity index (χ0) is 22.0. The molecule has 1 aliphatic carbocycles. The predicted octanol–water partition coefficient (Wildman–Crippen LogP) is 3.63. The number of hydrogen-bond acceptors (Lipinski definition) is 5. The number of rotatable bonds is 7. The van der Waals surface area contributed by atoms with E-state index in [1.54, 1.807) is 12.1 Å². The van der Waals surface area contributed by atoms with Crippen molar-refractivity contribution in [3.05, 3.63) is 58.1 Å². The van der Waals surface area contributed by atoms with Gasteiger partial charge in [0.1, 0.15) is 12.4 Å². The van der Waals surface area contributed by atoms with Gasteiger partial charge < -0.3 is 21.0 Å². The Bertz CT molecular complexity index is 991. The summed E-state index contributed by atoms with van der Waals surface area (Å²) in [5.74, 6) is 0.708. The molecule has 0 bridgehead atoms. The Morgan fingerprint density at radius 3 is 2.58 bits per heavy atom. The van der Waals surface area contributed by atoms with Crippen LogP contribution in [0.4, 0.5) is 11.4 Å². The summed E-state index contributed by atoms with van der Waals surface area (Å²) < 4.78 is 0. The molecule has 1 aliphatic heterocycles. The largest absolute Gasteiger partial charge is 0.359 e. The van der Waals surface area contributed by atoms with Crippen molar-refractivity contribution in [1.82, 2.24) is 10.7 Å². The van der Waals surface area contributed by atoms with Gasteiger partial charge in [-0.1, -0.05) is 41.4 Å². The van der Waals surface area contributed by atoms with E-state index in [-0.39, 0.29) is 17.9 Å². The summed E-state index contributed by atoms with van der Waals surface area (Å²) in [5.41, 5.74) is 5.11. The molecule has 162 valence electrons. The maximum absolute atomic E-state index is 12.8. The zero-order valence-electron chi connectivity index (χ0n) is 16.9. The van der Waals surface area contributed by atoms with Crippen LogP contribution in [-0.4, -0.2) is 30.7 Å². The highest BCUT2D eigenvalue weighted by Gasteiger charge is 2.55. The van der Waals surface area contributed by atoms with E-state index in [9.17, 15) is 9.59 Å². The van der Waals surface area contributed by atoms with Crippen LogP contribution < -0.4 is 21.0 Å². The Hall–Kier alpha value is -2.77. The maximum atomic E-state index is 12.8. The molecule has 0 spiro atoms. The van der Waals surface area contributed by atoms with Gasteiger partial charge in [-0.05, 0) is 48.1 Å². The Morgan fingerprint density at radius 1 is 1.19 bits per heavy atom. The van der Waals surface area contributed by atoms with Crippen molar-refractivity contribution in [1.29, 1.82) is 0 Å². The van der Waals surface area contributed by atoms with Crippen LogP contribution in [0, 0.1) is 11.8 Å². The first-order chi connectivity index (χ1) is 14.9. The smallest absolute Gasteiger partial charge is 0.248 e. The van der Waals surface area contributed by atoms with Crippen molar-refractivity contribution >= 4 is 52.7 Å². The first kappa shape index (κ1) is 21.5. The van der Waals surface area contributed by atoms with Gasteiger partial charge in [-0.15, -0.1) is 0 Å². The molecule has 2 aromatic rings. The molecule has 2 aromatic carbocycles. The van der Waals surface area contributed by atoms with Crippen LogP contribution >= 0.6 is 23.2 Å². The minimum absolute atomic E-state index is 0.0508. The van der Waals surface area contributed by atoms with Crippen LogP contribution in [0.3, 0.4) is 0 Å². The summed E-state index contributed by atoms with van der Waals surface area (Å²) in [6.07, 6.45) is 2.48. The van der Waals surface area contributed by atoms with Crippen molar-refractivity contribution < 1.29 is 9.59 Å². The van der Waals surface area contributed by atoms with Crippen LogP contribution in [0.5, 0.6) is 0 Å². The molecule has 7 nitrogen and oxygen atoms in total. The second-order valence-corrected chi connectivity index (χ2v) is 8.62. The second kappa shape index (κ2) is 9.16. The molecule has 3 N–H and O–H groups in total. The molecule has 9 heteroatoms. The van der Waals surface area contributed by atoms with Crippen molar-refractivity contribution in [3.8, 4) is 0 Å². The topological polar surface area (TPSA) is 85.8 Å². The summed E-state index contributed by atoms with van der Waals surface area (Å²) in [4.78, 5) is 26.2. The highest BCUT2D eigenvalue weighted by Crippen LogP contribution is 2.50. The average molecular weight is 460 g/mol. The molecule has 2 amide bonds. The number of nitrogens with one attached hydrogen (secondary N) is 3. The van der Waals surface area contributed by atoms with Crippen LogP contribution in [0.2, 0.25) is 10.0 Å². The molecule has 0 unspecified atom stereocenters. The van der Waals surface area contributed by atoms with E-state index < -0.39 is 0 Å². The SMILES string of the molecule is CC(=O)Nc1c(Cl)cc(CN/N=C\NC(=O)[C@H]2[C@@H]3C[C@@H]3CN2c2ccccc2)cc1Cl. The molecule has 1 saturated carbocycles. The Morgan fingerprint density at radius 2 is 1.90 bits per heavy atom. The molecule has 1 saturated heterocycles. The minimum Gasteiger partial charge on any atom is -0.359 e. The van der Waals surface area contributed by atoms with Gasteiger partial charge in [0.05, 0.1) is 22.3 Å². The lowest BCUT2D eigenvalue weighted by Crippen LogP contribution is -2.45. The fourth-order valence-electron chi connectivity index (χ4n) is 4.07. The number of amides is 2. The van der Waals surface area contributed by atoms with Gasteiger partial charge >= 0.3 is 0 Å². The van der Waals surface area contributed by atoms with Gasteiger partial charge in [-0.25, -0.2) is 0 Å². The van der Waals surface area contributed by atoms with E-state index in [4.69, 9.17) is 23.2 Å². The number of carbonyl (C=O) groups excluding carboxylic acids is 2. The van der Waals surface area contributed by atoms with Crippen molar-refractivity contribution in [2.45, 2.75) is 25.9 Å². The lowest BCUT2D eigenvalue weighted by molar-refractivity contribution is -0.121. The van der Waals surface area contributed by atoms with Crippen molar-refractivity contribution in [2.75, 3.05) is 16.8 Å². The standard InChI is InChI=1S/C22H23Cl2N5O2/c1-13(30)28-20-18(23)7-14(8-19(20)24)10-26-27-12-25-22(31)21-17-9-15(17)11-29(21)16-5-3-2-4-6-16/h2-8,12,15,17,21,26H,9-11H2,1H3,(H,28,30)(H,25,27,31)/t15-,17-,21-/m1/s1. The molecule has 4 rings (SSSR count). The second-order valence-electron chi connectivity index (χ2n) is 7.81. The first-order valence-corrected chi connectivity index (χ1v) is 10.8. The van der Waals surface area contributed by atoms with Crippen LogP contribution in [0.1, 0.15) is 18.9 Å². The monoisotopic (exact) mass is 459 g/mol. The first-order valence-electron chi connectivity index (χ1n) is 10.1. The van der Waals surface area contributed by atoms with E-state index in [2.05, 4.69) is 26.1 Å². The molecule has 3 atom stereocenters. The summed E-state index contributed by atoms with van der Waals surface area (Å²) in [7, 11) is 0. The summed E-state index contributed by atoms with van der Waals surface area (Å²) >= 11 is 12.4. The number of piperidine rings is 1. The predicted molar refractivity (Wildman–Crippen MR) is 123 cm³/mol. The number of para-hydroxylation sites is 1. The van der Waals surface area contributed by atoms with E-state index >= 15 is 0 Å². The third-order valence-electron chi connectivity index (χ3n) is 5.56. The van der Waals surface area contributed by atoms with E-state index in [1.165, 1.54) is 13.3 Å². The zero-order valence-corrected chi connectivity index (χ0v) is 18.5. The van der Waals surface area contributed by atoms with E-state index in [0.29, 0.717) is 34.1 Å². The summed E-state index contributed by atoms with van der Waals surface area (Å²) in [6, 6.07) is 13.2. The Labute approximate surface area is 190 Å². The average Bonchev–Trinajstić information content (AvgIpc) is 3.40. The van der Waals surface area contributed by atoms with Gasteiger partial charge in [-0.2, -0.15) is 5.10 Å². The van der Waals surface area contributed by atoms with Crippen molar-refractivity contribution in [3.63, 3.8) is 0 Å². The van der Waals surface area contributed by atoms with Gasteiger partial charge in [0.15, 0.2) is 0 Å². The highest BCUT2D eigenvalue weighted by atomic mass is 35.5. The number of hydrogen-bond donors (Lipinski definition) is 3. The fourth-order valence-corrected chi connectivity index (χ4v) is 4.70. The molecule has 2 fully saturated rings. The van der Waals surface area contributed by atoms with Gasteiger partial charge in [-0.3, -0.25) is 9.59 Å². The third-order valence-corrected chi connectivity index (χ3v) is 6.15. The number of nitrogens with zero attached hydrogens (tertiary/aromatic N) is 2. The quantitative estimate of drug-likeness (QED) is 0.335. The van der Waals surface area contributed by atoms with Crippen LogP contribution in [0.25, 0.3) is 0 Å². The Balaban J connectivity index is 1.30. The van der Waals surface area contributed by atoms with E-state index in [0.717, 1.165) is 24.2 Å². The highest BCUT2D eigenvalue weighted by molar-refractivity contribution is 6.39. The fraction of sp³-hybridized carbons (Fsp3) is 0.318. The molecular weight excluding hydrogens is 437 g/mol. The maximum Gasteiger partial charge on any atom is 0.248 e. The summed E-state index contributed by atoms with van der Waals surface area (Å²) in [6.45, 7) is 2.66. The normalized spacial score (nSPS) is 21.6. The van der Waals surface area contributed by atoms with Crippen molar-refractivity contribution in [2.24, 2.45) is 16.9 Å². The molecule has 0 radical (unpaired) electrons. The molecule has 1 heterocycles. The van der Waals surface area contributed by atoms with Crippen LogP contribution in [0.15, 0.2) is 47.6 Å². The Kier molecular flexibility index (Phi) is 6.34. The third kappa shape index (κ3) is 4.94. The molecule has 0 aromatic heterocycles. The summed E-state index contributed by atoms with van der Waals surface area (Å²) in [5, 5.41) is 10.1. The van der Waals surface area contributed by atoms with Gasteiger partial charge in [0.2, 0.25) is 11.8 Å². The van der Waals surface area contributed by atoms with E-state index in [1.807, 2.05) is 30.3 Å². The molecule has 2 aliphatic rings. The number of benzene rings is 2. The number of carbonyl (C=O) groups is 2. The number of anilines is 2. The lowest BCUT2D eigenvalue weighted by atomic mass is 10.1. The van der Waals surface area contributed by atoms with Gasteiger partial charge in [0, 0.05) is 19.2 Å². The van der Waals surface area contributed by atoms with Gasteiger partial charge in [0.25, 0.3) is 0 Å². The minimum atomic E-state index is -0.249. The lowest BCUT2D eigenvalue weighted by Gasteiger charge is -2.28. The van der Waals surface area contributed by atoms with Crippen LogP contribution in [-0.2, 0) is 16.1 Å². The number of halogens is 2. The molecule has 31 heavy (non-hydrogen) atoms. The molecular formula is C22H23Cl2N5O2.